The summed E-state index contributed by atoms with van der Waals surface area (Å²) >= 11 is 0. The Morgan fingerprint density at radius 3 is 2.32 bits per heavy atom. The summed E-state index contributed by atoms with van der Waals surface area (Å²) in [6.07, 6.45) is 0. The highest BCUT2D eigenvalue weighted by atomic mass is 16.3. The Labute approximate surface area is 114 Å². The summed E-state index contributed by atoms with van der Waals surface area (Å²) in [5.74, 6) is -1.04. The minimum absolute atomic E-state index is 0.109. The second-order valence-corrected chi connectivity index (χ2v) is 5.95. The number of phenolic OH excluding ortho intramolecular Hbond substituents is 3. The quantitative estimate of drug-likeness (QED) is 0.588. The van der Waals surface area contributed by atoms with Crippen molar-refractivity contribution in [2.75, 3.05) is 27.2 Å². The van der Waals surface area contributed by atoms with Crippen LogP contribution in [0.15, 0.2) is 12.1 Å². The maximum Gasteiger partial charge on any atom is 0.200 e. The van der Waals surface area contributed by atoms with Crippen LogP contribution in [0.5, 0.6) is 17.2 Å². The van der Waals surface area contributed by atoms with Crippen molar-refractivity contribution in [2.24, 2.45) is 5.41 Å². The van der Waals surface area contributed by atoms with Gasteiger partial charge in [0.05, 0.1) is 0 Å². The lowest BCUT2D eigenvalue weighted by molar-refractivity contribution is 0.232. The third-order valence-corrected chi connectivity index (χ3v) is 2.88. The van der Waals surface area contributed by atoms with E-state index in [1.54, 1.807) is 6.07 Å². The number of benzene rings is 1. The van der Waals surface area contributed by atoms with Gasteiger partial charge in [0.25, 0.3) is 0 Å². The maximum atomic E-state index is 9.70. The molecule has 0 radical (unpaired) electrons. The predicted molar refractivity (Wildman–Crippen MR) is 75.5 cm³/mol. The highest BCUT2D eigenvalue weighted by molar-refractivity contribution is 5.52. The lowest BCUT2D eigenvalue weighted by Crippen LogP contribution is -2.37. The zero-order chi connectivity index (χ0) is 14.6. The fraction of sp³-hybridized carbons (Fsp3) is 0.571. The Hall–Kier alpha value is -1.46. The molecule has 1 aromatic carbocycles. The molecule has 0 amide bonds. The minimum Gasteiger partial charge on any atom is -0.504 e. The summed E-state index contributed by atoms with van der Waals surface area (Å²) in [6, 6.07) is 2.97. The van der Waals surface area contributed by atoms with Gasteiger partial charge >= 0.3 is 0 Å². The molecule has 0 aromatic heterocycles. The zero-order valence-electron chi connectivity index (χ0n) is 12.1. The van der Waals surface area contributed by atoms with Gasteiger partial charge in [-0.2, -0.15) is 0 Å². The average Bonchev–Trinajstić information content (AvgIpc) is 2.27. The van der Waals surface area contributed by atoms with Crippen LogP contribution in [0.4, 0.5) is 0 Å². The van der Waals surface area contributed by atoms with Crippen molar-refractivity contribution in [3.63, 3.8) is 0 Å². The molecule has 0 heterocycles. The molecule has 0 aliphatic heterocycles. The molecular formula is C14H24N2O3. The molecule has 1 aromatic rings. The van der Waals surface area contributed by atoms with Crippen molar-refractivity contribution in [1.29, 1.82) is 0 Å². The van der Waals surface area contributed by atoms with Crippen LogP contribution in [0.2, 0.25) is 0 Å². The van der Waals surface area contributed by atoms with E-state index in [1.165, 1.54) is 6.07 Å². The molecule has 0 aliphatic rings. The normalized spacial score (nSPS) is 12.1. The number of rotatable bonds is 6. The van der Waals surface area contributed by atoms with Gasteiger partial charge in [-0.1, -0.05) is 19.9 Å². The monoisotopic (exact) mass is 268 g/mol. The van der Waals surface area contributed by atoms with E-state index < -0.39 is 5.75 Å². The van der Waals surface area contributed by atoms with Crippen molar-refractivity contribution in [3.8, 4) is 17.2 Å². The number of nitrogens with one attached hydrogen (secondary N) is 1. The molecular weight excluding hydrogens is 244 g/mol. The van der Waals surface area contributed by atoms with Gasteiger partial charge in [0.15, 0.2) is 11.5 Å². The topological polar surface area (TPSA) is 76.0 Å². The van der Waals surface area contributed by atoms with Gasteiger partial charge < -0.3 is 25.5 Å². The van der Waals surface area contributed by atoms with Crippen molar-refractivity contribution in [2.45, 2.75) is 20.4 Å². The first-order valence-electron chi connectivity index (χ1n) is 6.31. The van der Waals surface area contributed by atoms with Crippen molar-refractivity contribution >= 4 is 0 Å². The Balaban J connectivity index is 2.57. The third-order valence-electron chi connectivity index (χ3n) is 2.88. The van der Waals surface area contributed by atoms with Crippen LogP contribution in [-0.2, 0) is 6.54 Å². The Bertz CT molecular complexity index is 431. The molecule has 1 rings (SSSR count). The molecule has 0 atom stereocenters. The molecule has 0 fully saturated rings. The highest BCUT2D eigenvalue weighted by Gasteiger charge is 2.19. The molecule has 0 saturated heterocycles. The average molecular weight is 268 g/mol. The molecule has 4 N–H and O–H groups in total. The van der Waals surface area contributed by atoms with Crippen molar-refractivity contribution in [3.05, 3.63) is 17.7 Å². The molecule has 5 heteroatoms. The molecule has 5 nitrogen and oxygen atoms in total. The van der Waals surface area contributed by atoms with Crippen molar-refractivity contribution < 1.29 is 15.3 Å². The van der Waals surface area contributed by atoms with Crippen LogP contribution in [-0.4, -0.2) is 47.4 Å². The molecule has 19 heavy (non-hydrogen) atoms. The Morgan fingerprint density at radius 1 is 1.11 bits per heavy atom. The largest absolute Gasteiger partial charge is 0.504 e. The molecule has 0 saturated carbocycles. The van der Waals surface area contributed by atoms with Crippen LogP contribution in [0.1, 0.15) is 19.4 Å². The van der Waals surface area contributed by atoms with Gasteiger partial charge in [0.1, 0.15) is 0 Å². The lowest BCUT2D eigenvalue weighted by Gasteiger charge is -2.28. The second-order valence-electron chi connectivity index (χ2n) is 5.95. The van der Waals surface area contributed by atoms with Gasteiger partial charge in [-0.3, -0.25) is 0 Å². The summed E-state index contributed by atoms with van der Waals surface area (Å²) in [5, 5.41) is 31.6. The van der Waals surface area contributed by atoms with Crippen LogP contribution >= 0.6 is 0 Å². The number of hydrogen-bond donors (Lipinski definition) is 4. The first-order valence-corrected chi connectivity index (χ1v) is 6.31. The molecule has 0 spiro atoms. The van der Waals surface area contributed by atoms with Crippen LogP contribution in [0, 0.1) is 5.41 Å². The lowest BCUT2D eigenvalue weighted by atomic mass is 9.93. The Morgan fingerprint density at radius 2 is 1.74 bits per heavy atom. The van der Waals surface area contributed by atoms with Gasteiger partial charge in [-0.05, 0) is 25.6 Å². The van der Waals surface area contributed by atoms with Crippen LogP contribution in [0.3, 0.4) is 0 Å². The molecule has 0 bridgehead atoms. The zero-order valence-corrected chi connectivity index (χ0v) is 12.1. The summed E-state index contributed by atoms with van der Waals surface area (Å²) in [6.45, 7) is 6.50. The van der Waals surface area contributed by atoms with E-state index in [4.69, 9.17) is 0 Å². The van der Waals surface area contributed by atoms with Gasteiger partial charge in [0, 0.05) is 25.2 Å². The third kappa shape index (κ3) is 4.61. The summed E-state index contributed by atoms with van der Waals surface area (Å²) in [4.78, 5) is 2.13. The van der Waals surface area contributed by atoms with E-state index in [9.17, 15) is 15.3 Å². The highest BCUT2D eigenvalue weighted by Crippen LogP contribution is 2.36. The second kappa shape index (κ2) is 6.12. The fourth-order valence-electron chi connectivity index (χ4n) is 2.20. The van der Waals surface area contributed by atoms with Gasteiger partial charge in [-0.25, -0.2) is 0 Å². The SMILES string of the molecule is CN(C)CC(C)(C)CNCc1ccc(O)c(O)c1O. The predicted octanol–water partition coefficient (Wildman–Crippen LogP) is 1.48. The number of hydrogen-bond acceptors (Lipinski definition) is 5. The summed E-state index contributed by atoms with van der Waals surface area (Å²) in [5.41, 5.74) is 0.675. The van der Waals surface area contributed by atoms with E-state index >= 15 is 0 Å². The van der Waals surface area contributed by atoms with E-state index in [2.05, 4.69) is 24.1 Å². The van der Waals surface area contributed by atoms with E-state index in [-0.39, 0.29) is 16.9 Å². The Kier molecular flexibility index (Phi) is 5.03. The number of aromatic hydroxyl groups is 3. The molecule has 0 unspecified atom stereocenters. The van der Waals surface area contributed by atoms with Crippen LogP contribution < -0.4 is 5.32 Å². The first-order chi connectivity index (χ1) is 8.73. The van der Waals surface area contributed by atoms with E-state index in [0.717, 1.165) is 13.1 Å². The minimum atomic E-state index is -0.466. The molecule has 108 valence electrons. The van der Waals surface area contributed by atoms with E-state index in [1.807, 2.05) is 14.1 Å². The first kappa shape index (κ1) is 15.6. The number of phenols is 3. The van der Waals surface area contributed by atoms with E-state index in [0.29, 0.717) is 12.1 Å². The summed E-state index contributed by atoms with van der Waals surface area (Å²) in [7, 11) is 4.07. The number of nitrogens with zero attached hydrogens (tertiary/aromatic N) is 1. The maximum absolute atomic E-state index is 9.70. The van der Waals surface area contributed by atoms with Crippen LogP contribution in [0.25, 0.3) is 0 Å². The fourth-order valence-corrected chi connectivity index (χ4v) is 2.20. The molecule has 0 aliphatic carbocycles. The standard InChI is InChI=1S/C14H24N2O3/c1-14(2,9-16(3)4)8-15-7-10-5-6-11(17)13(19)12(10)18/h5-6,15,17-19H,7-9H2,1-4H3. The summed E-state index contributed by atoms with van der Waals surface area (Å²) < 4.78 is 0. The van der Waals surface area contributed by atoms with Gasteiger partial charge in [0.2, 0.25) is 5.75 Å². The van der Waals surface area contributed by atoms with Gasteiger partial charge in [-0.15, -0.1) is 0 Å². The van der Waals surface area contributed by atoms with Crippen molar-refractivity contribution in [1.82, 2.24) is 10.2 Å². The smallest absolute Gasteiger partial charge is 0.200 e.